The van der Waals surface area contributed by atoms with Gasteiger partial charge in [0.15, 0.2) is 0 Å². The zero-order valence-corrected chi connectivity index (χ0v) is 25.2. The number of anilines is 1. The Kier molecular flexibility index (Phi) is 9.92. The number of nitrogens with zero attached hydrogens (tertiary/aromatic N) is 2. The quantitative estimate of drug-likeness (QED) is 0.275. The molecule has 8 heteroatoms. The van der Waals surface area contributed by atoms with Crippen LogP contribution < -0.4 is 4.90 Å². The molecule has 1 aromatic heterocycles. The van der Waals surface area contributed by atoms with Crippen molar-refractivity contribution in [2.75, 3.05) is 31.8 Å². The Hall–Kier alpha value is -2.19. The fourth-order valence-electron chi connectivity index (χ4n) is 5.80. The number of piperidine rings is 1. The van der Waals surface area contributed by atoms with E-state index >= 15 is 0 Å². The number of rotatable bonds is 7. The molecule has 1 saturated carbocycles. The lowest BCUT2D eigenvalue weighted by molar-refractivity contribution is -0.161. The highest BCUT2D eigenvalue weighted by Gasteiger charge is 2.37. The molecular formula is C31H46N2O5S. The summed E-state index contributed by atoms with van der Waals surface area (Å²) in [6.07, 6.45) is 12.2. The number of ether oxygens (including phenoxy) is 2. The maximum Gasteiger partial charge on any atom is 0.353 e. The van der Waals surface area contributed by atoms with Crippen molar-refractivity contribution in [2.45, 2.75) is 97.9 Å². The van der Waals surface area contributed by atoms with E-state index < -0.39 is 24.1 Å². The monoisotopic (exact) mass is 558 g/mol. The molecular weight excluding hydrogens is 512 g/mol. The van der Waals surface area contributed by atoms with Gasteiger partial charge in [0, 0.05) is 16.8 Å². The molecule has 0 aromatic carbocycles. The van der Waals surface area contributed by atoms with Crippen LogP contribution in [0, 0.1) is 17.3 Å². The second-order valence-corrected chi connectivity index (χ2v) is 13.8. The zero-order valence-electron chi connectivity index (χ0n) is 24.4. The number of hydrogen-bond donors (Lipinski definition) is 0. The van der Waals surface area contributed by atoms with Gasteiger partial charge in [-0.1, -0.05) is 13.0 Å². The summed E-state index contributed by atoms with van der Waals surface area (Å²) < 4.78 is 10.7. The largest absolute Gasteiger partial charge is 0.427 e. The summed E-state index contributed by atoms with van der Waals surface area (Å²) in [5, 5.41) is 0. The molecule has 0 atom stereocenters. The molecule has 2 fully saturated rings. The van der Waals surface area contributed by atoms with E-state index in [0.717, 1.165) is 75.8 Å². The van der Waals surface area contributed by atoms with E-state index in [9.17, 15) is 14.4 Å². The van der Waals surface area contributed by atoms with Gasteiger partial charge in [-0.05, 0) is 123 Å². The van der Waals surface area contributed by atoms with Crippen molar-refractivity contribution in [3.05, 3.63) is 21.9 Å². The molecule has 1 aliphatic heterocycles. The molecule has 1 aromatic rings. The van der Waals surface area contributed by atoms with Crippen LogP contribution in [-0.4, -0.2) is 55.7 Å². The molecule has 216 valence electrons. The Balaban J connectivity index is 1.66. The minimum absolute atomic E-state index is 0.0188. The van der Waals surface area contributed by atoms with Crippen LogP contribution in [-0.2, 0) is 19.1 Å². The van der Waals surface area contributed by atoms with Gasteiger partial charge >= 0.3 is 11.9 Å². The lowest BCUT2D eigenvalue weighted by Crippen LogP contribution is -2.49. The first-order valence-corrected chi connectivity index (χ1v) is 15.6. The summed E-state index contributed by atoms with van der Waals surface area (Å²) in [7, 11) is 2.12. The van der Waals surface area contributed by atoms with E-state index in [1.54, 1.807) is 20.8 Å². The van der Waals surface area contributed by atoms with E-state index in [1.165, 1.54) is 23.3 Å². The van der Waals surface area contributed by atoms with Crippen molar-refractivity contribution in [1.82, 2.24) is 4.90 Å². The van der Waals surface area contributed by atoms with Crippen LogP contribution in [0.15, 0.2) is 12.1 Å². The number of carbonyl (C=O) groups excluding carboxylic acids is 3. The average molecular weight is 559 g/mol. The van der Waals surface area contributed by atoms with Crippen LogP contribution >= 0.6 is 11.3 Å². The van der Waals surface area contributed by atoms with E-state index in [0.29, 0.717) is 16.5 Å². The Morgan fingerprint density at radius 3 is 2.33 bits per heavy atom. The third-order valence-electron chi connectivity index (χ3n) is 8.41. The van der Waals surface area contributed by atoms with Gasteiger partial charge in [0.2, 0.25) is 12.7 Å². The van der Waals surface area contributed by atoms with Crippen molar-refractivity contribution in [2.24, 2.45) is 17.3 Å². The summed E-state index contributed by atoms with van der Waals surface area (Å²) in [5.74, 6) is -0.189. The van der Waals surface area contributed by atoms with Crippen molar-refractivity contribution < 1.29 is 23.9 Å². The lowest BCUT2D eigenvalue weighted by Gasteiger charge is -2.40. The highest BCUT2D eigenvalue weighted by atomic mass is 32.1. The minimum Gasteiger partial charge on any atom is -0.427 e. The molecule has 0 bridgehead atoms. The highest BCUT2D eigenvalue weighted by molar-refractivity contribution is 7.15. The van der Waals surface area contributed by atoms with Gasteiger partial charge in [-0.3, -0.25) is 9.59 Å². The van der Waals surface area contributed by atoms with Gasteiger partial charge in [-0.25, -0.2) is 4.79 Å². The van der Waals surface area contributed by atoms with Crippen LogP contribution in [0.2, 0.25) is 0 Å². The number of carbonyl (C=O) groups is 3. The Morgan fingerprint density at radius 1 is 1.03 bits per heavy atom. The van der Waals surface area contributed by atoms with Crippen molar-refractivity contribution >= 4 is 40.4 Å². The minimum atomic E-state index is -0.685. The molecule has 0 unspecified atom stereocenters. The molecule has 3 aliphatic rings. The van der Waals surface area contributed by atoms with E-state index in [2.05, 4.69) is 31.0 Å². The SMILES string of the molecule is CN1CCC(N(c2cc(C3=CCCCC3)sc2C(=O)OCOC(=O)C(C)(C)C)C(=O)[C@H]2CC[C@H](C)CC2)CC1. The predicted molar refractivity (Wildman–Crippen MR) is 156 cm³/mol. The normalized spacial score (nSPS) is 23.2. The Morgan fingerprint density at radius 2 is 1.72 bits per heavy atom. The predicted octanol–water partition coefficient (Wildman–Crippen LogP) is 6.66. The van der Waals surface area contributed by atoms with E-state index in [1.807, 2.05) is 4.90 Å². The number of likely N-dealkylation sites (tertiary alicyclic amines) is 1. The molecule has 0 spiro atoms. The summed E-state index contributed by atoms with van der Waals surface area (Å²) in [6, 6.07) is 2.10. The first-order chi connectivity index (χ1) is 18.5. The second-order valence-electron chi connectivity index (χ2n) is 12.7. The zero-order chi connectivity index (χ0) is 28.2. The first-order valence-electron chi connectivity index (χ1n) is 14.7. The lowest BCUT2D eigenvalue weighted by atomic mass is 9.82. The molecule has 4 rings (SSSR count). The third-order valence-corrected chi connectivity index (χ3v) is 9.59. The molecule has 39 heavy (non-hydrogen) atoms. The van der Waals surface area contributed by atoms with Crippen LogP contribution in [0.5, 0.6) is 0 Å². The number of esters is 2. The van der Waals surface area contributed by atoms with Crippen molar-refractivity contribution in [3.63, 3.8) is 0 Å². The first kappa shape index (κ1) is 29.8. The molecule has 1 amide bonds. The van der Waals surface area contributed by atoms with Gasteiger partial charge in [-0.15, -0.1) is 11.3 Å². The van der Waals surface area contributed by atoms with Gasteiger partial charge in [0.05, 0.1) is 11.1 Å². The number of amides is 1. The summed E-state index contributed by atoms with van der Waals surface area (Å²) in [6.45, 7) is 8.94. The smallest absolute Gasteiger partial charge is 0.353 e. The maximum atomic E-state index is 14.2. The van der Waals surface area contributed by atoms with Gasteiger partial charge in [-0.2, -0.15) is 0 Å². The van der Waals surface area contributed by atoms with Crippen LogP contribution in [0.1, 0.15) is 106 Å². The standard InChI is InChI=1S/C31H46N2O5S/c1-21-11-13-23(14-12-21)28(34)33(24-15-17-32(5)18-16-24)25-19-26(22-9-7-6-8-10-22)39-27(25)29(35)37-20-38-30(36)31(2,3)4/h9,19,21,23-24H,6-8,10-18,20H2,1-5H3/t21-,23-. The van der Waals surface area contributed by atoms with Gasteiger partial charge in [0.25, 0.3) is 0 Å². The average Bonchev–Trinajstić information content (AvgIpc) is 3.35. The number of thiophene rings is 1. The fourth-order valence-corrected chi connectivity index (χ4v) is 6.91. The Bertz CT molecular complexity index is 1060. The molecule has 2 aliphatic carbocycles. The molecule has 0 N–H and O–H groups in total. The summed E-state index contributed by atoms with van der Waals surface area (Å²) in [4.78, 5) is 45.7. The fraction of sp³-hybridized carbons (Fsp3) is 0.710. The molecule has 0 radical (unpaired) electrons. The van der Waals surface area contributed by atoms with E-state index in [4.69, 9.17) is 9.47 Å². The number of allylic oxidation sites excluding steroid dienone is 2. The topological polar surface area (TPSA) is 76.2 Å². The van der Waals surface area contributed by atoms with Crippen LogP contribution in [0.25, 0.3) is 5.57 Å². The summed E-state index contributed by atoms with van der Waals surface area (Å²) in [5.41, 5.74) is 1.23. The van der Waals surface area contributed by atoms with E-state index in [-0.39, 0.29) is 17.9 Å². The third kappa shape index (κ3) is 7.51. The van der Waals surface area contributed by atoms with Crippen molar-refractivity contribution in [1.29, 1.82) is 0 Å². The summed E-state index contributed by atoms with van der Waals surface area (Å²) >= 11 is 1.41. The molecule has 2 heterocycles. The molecule has 7 nitrogen and oxygen atoms in total. The van der Waals surface area contributed by atoms with Crippen LogP contribution in [0.3, 0.4) is 0 Å². The van der Waals surface area contributed by atoms with Gasteiger partial charge in [0.1, 0.15) is 4.88 Å². The molecule has 1 saturated heterocycles. The second kappa shape index (κ2) is 13.0. The maximum absolute atomic E-state index is 14.2. The van der Waals surface area contributed by atoms with Crippen LogP contribution in [0.4, 0.5) is 5.69 Å². The Labute approximate surface area is 237 Å². The number of hydrogen-bond acceptors (Lipinski definition) is 7. The van der Waals surface area contributed by atoms with Crippen molar-refractivity contribution in [3.8, 4) is 0 Å². The highest BCUT2D eigenvalue weighted by Crippen LogP contribution is 2.41. The van der Waals surface area contributed by atoms with Gasteiger partial charge < -0.3 is 19.3 Å².